The first-order valence-electron chi connectivity index (χ1n) is 8.88. The molecule has 0 aliphatic heterocycles. The van der Waals surface area contributed by atoms with Gasteiger partial charge in [-0.2, -0.15) is 0 Å². The molecule has 0 heterocycles. The summed E-state index contributed by atoms with van der Waals surface area (Å²) in [5.41, 5.74) is -0.760. The third kappa shape index (κ3) is 2.46. The zero-order valence-corrected chi connectivity index (χ0v) is 14.8. The largest absolute Gasteiger partial charge is 0.389 e. The Balaban J connectivity index is 1.70. The van der Waals surface area contributed by atoms with Crippen LogP contribution < -0.4 is 0 Å². The monoisotopic (exact) mass is 328 g/mol. The summed E-state index contributed by atoms with van der Waals surface area (Å²) in [6.07, 6.45) is 5.04. The number of Topliss-reactive ketones (excluding diaryl/α,β-unsaturated/α-hetero) is 1. The van der Waals surface area contributed by atoms with Crippen molar-refractivity contribution in [3.05, 3.63) is 42.0 Å². The van der Waals surface area contributed by atoms with E-state index in [1.165, 1.54) is 0 Å². The Morgan fingerprint density at radius 2 is 1.96 bits per heavy atom. The topological polar surface area (TPSA) is 57.5 Å². The molecule has 0 radical (unpaired) electrons. The Kier molecular flexibility index (Phi) is 4.21. The van der Waals surface area contributed by atoms with Crippen molar-refractivity contribution in [2.45, 2.75) is 58.2 Å². The fourth-order valence-electron chi connectivity index (χ4n) is 4.91. The summed E-state index contributed by atoms with van der Waals surface area (Å²) in [5, 5.41) is 21.4. The maximum atomic E-state index is 12.8. The van der Waals surface area contributed by atoms with Crippen molar-refractivity contribution < 1.29 is 15.0 Å². The summed E-state index contributed by atoms with van der Waals surface area (Å²) in [6, 6.07) is 9.68. The zero-order chi connectivity index (χ0) is 17.6. The molecule has 3 heteroatoms. The quantitative estimate of drug-likeness (QED) is 0.868. The zero-order valence-electron chi connectivity index (χ0n) is 14.8. The van der Waals surface area contributed by atoms with E-state index >= 15 is 0 Å². The van der Waals surface area contributed by atoms with E-state index in [1.54, 1.807) is 6.08 Å². The summed E-state index contributed by atoms with van der Waals surface area (Å²) in [4.78, 5) is 12.8. The highest BCUT2D eigenvalue weighted by Gasteiger charge is 2.70. The molecule has 2 fully saturated rings. The van der Waals surface area contributed by atoms with Gasteiger partial charge in [0.25, 0.3) is 0 Å². The number of carbonyl (C=O) groups is 1. The normalized spacial score (nSPS) is 35.5. The maximum absolute atomic E-state index is 12.8. The van der Waals surface area contributed by atoms with Crippen LogP contribution in [-0.4, -0.2) is 27.7 Å². The van der Waals surface area contributed by atoms with Gasteiger partial charge < -0.3 is 10.2 Å². The Hall–Kier alpha value is -1.45. The molecule has 24 heavy (non-hydrogen) atoms. The van der Waals surface area contributed by atoms with Crippen LogP contribution in [0.25, 0.3) is 6.08 Å². The molecule has 0 saturated heterocycles. The first-order valence-corrected chi connectivity index (χ1v) is 8.88. The minimum Gasteiger partial charge on any atom is -0.389 e. The molecule has 2 aliphatic carbocycles. The van der Waals surface area contributed by atoms with Gasteiger partial charge in [-0.25, -0.2) is 0 Å². The van der Waals surface area contributed by atoms with Gasteiger partial charge in [-0.15, -0.1) is 0 Å². The van der Waals surface area contributed by atoms with Crippen molar-refractivity contribution >= 4 is 11.9 Å². The molecule has 0 spiro atoms. The molecule has 3 rings (SSSR count). The van der Waals surface area contributed by atoms with Crippen molar-refractivity contribution in [1.29, 1.82) is 0 Å². The summed E-state index contributed by atoms with van der Waals surface area (Å²) in [7, 11) is 0. The Labute approximate surface area is 144 Å². The number of rotatable bonds is 5. The highest BCUT2D eigenvalue weighted by atomic mass is 16.3. The molecule has 3 nitrogen and oxygen atoms in total. The number of fused-ring (bicyclic) bond motifs is 2. The van der Waals surface area contributed by atoms with Gasteiger partial charge in [-0.3, -0.25) is 4.79 Å². The molecule has 2 saturated carbocycles. The van der Waals surface area contributed by atoms with Crippen LogP contribution >= 0.6 is 0 Å². The molecule has 0 amide bonds. The van der Waals surface area contributed by atoms with Gasteiger partial charge in [-0.05, 0) is 36.2 Å². The van der Waals surface area contributed by atoms with Gasteiger partial charge in [0.15, 0.2) is 5.78 Å². The summed E-state index contributed by atoms with van der Waals surface area (Å²) < 4.78 is 0. The van der Waals surface area contributed by atoms with E-state index in [4.69, 9.17) is 0 Å². The van der Waals surface area contributed by atoms with Crippen LogP contribution in [0.1, 0.15) is 52.0 Å². The molecule has 0 unspecified atom stereocenters. The molecule has 1 aromatic carbocycles. The predicted octanol–water partition coefficient (Wildman–Crippen LogP) is 3.60. The molecule has 2 aliphatic rings. The van der Waals surface area contributed by atoms with Crippen molar-refractivity contribution in [3.63, 3.8) is 0 Å². The molecule has 130 valence electrons. The fourth-order valence-corrected chi connectivity index (χ4v) is 4.91. The number of aliphatic hydroxyl groups excluding tert-OH is 1. The number of benzene rings is 1. The van der Waals surface area contributed by atoms with Crippen LogP contribution in [0.2, 0.25) is 0 Å². The highest BCUT2D eigenvalue weighted by molar-refractivity contribution is 5.89. The highest BCUT2D eigenvalue weighted by Crippen LogP contribution is 2.69. The Morgan fingerprint density at radius 1 is 1.29 bits per heavy atom. The van der Waals surface area contributed by atoms with Gasteiger partial charge in [0.05, 0.1) is 6.10 Å². The number of ketones is 1. The summed E-state index contributed by atoms with van der Waals surface area (Å²) in [6.45, 7) is 6.38. The minimum atomic E-state index is -1.30. The lowest BCUT2D eigenvalue weighted by Crippen LogP contribution is -2.53. The average molecular weight is 328 g/mol. The van der Waals surface area contributed by atoms with Crippen LogP contribution in [0, 0.1) is 16.7 Å². The lowest BCUT2D eigenvalue weighted by molar-refractivity contribution is -0.156. The smallest absolute Gasteiger partial charge is 0.167 e. The van der Waals surface area contributed by atoms with Crippen molar-refractivity contribution in [2.75, 3.05) is 0 Å². The molecule has 4 atom stereocenters. The van der Waals surface area contributed by atoms with E-state index in [2.05, 4.69) is 13.8 Å². The predicted molar refractivity (Wildman–Crippen MR) is 95.3 cm³/mol. The molecular formula is C21H28O3. The van der Waals surface area contributed by atoms with E-state index in [0.29, 0.717) is 12.3 Å². The van der Waals surface area contributed by atoms with E-state index < -0.39 is 17.1 Å². The number of carbonyl (C=O) groups excluding carboxylic acids is 1. The van der Waals surface area contributed by atoms with Crippen molar-refractivity contribution in [2.24, 2.45) is 16.7 Å². The van der Waals surface area contributed by atoms with Crippen LogP contribution in [0.15, 0.2) is 36.4 Å². The third-order valence-electron chi connectivity index (χ3n) is 7.06. The third-order valence-corrected chi connectivity index (χ3v) is 7.06. The second-order valence-electron chi connectivity index (χ2n) is 8.32. The lowest BCUT2D eigenvalue weighted by atomic mass is 9.62. The van der Waals surface area contributed by atoms with E-state index in [9.17, 15) is 15.0 Å². The summed E-state index contributed by atoms with van der Waals surface area (Å²) in [5.74, 6) is 0.166. The van der Waals surface area contributed by atoms with E-state index in [-0.39, 0.29) is 17.6 Å². The van der Waals surface area contributed by atoms with E-state index in [1.807, 2.05) is 43.3 Å². The van der Waals surface area contributed by atoms with E-state index in [0.717, 1.165) is 18.4 Å². The second-order valence-corrected chi connectivity index (χ2v) is 8.32. The molecule has 1 aromatic rings. The van der Waals surface area contributed by atoms with Crippen LogP contribution in [0.3, 0.4) is 0 Å². The van der Waals surface area contributed by atoms with Crippen LogP contribution in [-0.2, 0) is 4.79 Å². The number of aliphatic hydroxyl groups is 2. The van der Waals surface area contributed by atoms with Crippen LogP contribution in [0.5, 0.6) is 0 Å². The SMILES string of the molecule is CC1(C)[C@@H]2CC[C@@]1(C)[C@@](O)(C(=O)C[C@@H](O)/C=C/c1ccccc1)C2. The lowest BCUT2D eigenvalue weighted by Gasteiger charge is -2.44. The second kappa shape index (κ2) is 5.82. The Bertz CT molecular complexity index is 648. The van der Waals surface area contributed by atoms with Gasteiger partial charge in [0, 0.05) is 11.8 Å². The molecule has 0 aromatic heterocycles. The first kappa shape index (κ1) is 17.4. The molecular weight excluding hydrogens is 300 g/mol. The average Bonchev–Trinajstić information content (AvgIpc) is 2.86. The van der Waals surface area contributed by atoms with Gasteiger partial charge in [0.1, 0.15) is 5.60 Å². The molecule has 2 N–H and O–H groups in total. The number of hydrogen-bond donors (Lipinski definition) is 2. The Morgan fingerprint density at radius 3 is 2.50 bits per heavy atom. The first-order chi connectivity index (χ1) is 11.2. The molecule has 2 bridgehead atoms. The van der Waals surface area contributed by atoms with Gasteiger partial charge in [-0.1, -0.05) is 63.3 Å². The standard InChI is InChI=1S/C21H28O3/c1-19(2)16-11-12-20(19,3)21(24,14-16)18(23)13-17(22)10-9-15-7-5-4-6-8-15/h4-10,16-17,22,24H,11-14H2,1-3H3/b10-9+/t16-,17+,20-,21+/m1/s1. The van der Waals surface area contributed by atoms with Gasteiger partial charge >= 0.3 is 0 Å². The number of hydrogen-bond acceptors (Lipinski definition) is 3. The fraction of sp³-hybridized carbons (Fsp3) is 0.571. The maximum Gasteiger partial charge on any atom is 0.167 e. The minimum absolute atomic E-state index is 0.0295. The summed E-state index contributed by atoms with van der Waals surface area (Å²) >= 11 is 0. The van der Waals surface area contributed by atoms with Gasteiger partial charge in [0.2, 0.25) is 0 Å². The van der Waals surface area contributed by atoms with Crippen molar-refractivity contribution in [3.8, 4) is 0 Å². The van der Waals surface area contributed by atoms with Crippen molar-refractivity contribution in [1.82, 2.24) is 0 Å². The van der Waals surface area contributed by atoms with Crippen LogP contribution in [0.4, 0.5) is 0 Å².